The fraction of sp³-hybridized carbons (Fsp3) is 1.00. The Labute approximate surface area is 108 Å². The highest BCUT2D eigenvalue weighted by Crippen LogP contribution is 2.20. The number of likely N-dealkylation sites (tertiary alicyclic amines) is 1. The molecule has 0 aromatic rings. The molecule has 0 N–H and O–H groups in total. The lowest BCUT2D eigenvalue weighted by Gasteiger charge is -2.35. The maximum absolute atomic E-state index is 5.30. The van der Waals surface area contributed by atoms with Crippen molar-refractivity contribution in [3.63, 3.8) is 0 Å². The zero-order chi connectivity index (χ0) is 12.5. The smallest absolute Gasteiger partial charge is 0.384 e. The van der Waals surface area contributed by atoms with Gasteiger partial charge in [0, 0.05) is 20.3 Å². The van der Waals surface area contributed by atoms with Crippen LogP contribution in [0.2, 0.25) is 6.04 Å². The lowest BCUT2D eigenvalue weighted by molar-refractivity contribution is 0.142. The van der Waals surface area contributed by atoms with E-state index in [2.05, 4.69) is 11.8 Å². The van der Waals surface area contributed by atoms with E-state index in [0.717, 1.165) is 12.1 Å². The average molecular weight is 258 g/mol. The highest BCUT2D eigenvalue weighted by molar-refractivity contribution is 6.44. The van der Waals surface area contributed by atoms with Crippen LogP contribution in [0.25, 0.3) is 0 Å². The van der Waals surface area contributed by atoms with Gasteiger partial charge in [-0.3, -0.25) is 0 Å². The molecular formula is C13H28NO2Si. The van der Waals surface area contributed by atoms with Crippen molar-refractivity contribution in [2.24, 2.45) is 0 Å². The summed E-state index contributed by atoms with van der Waals surface area (Å²) in [6.07, 6.45) is 8.06. The summed E-state index contributed by atoms with van der Waals surface area (Å²) in [6.45, 7) is 4.89. The van der Waals surface area contributed by atoms with Gasteiger partial charge in [0.05, 0.1) is 0 Å². The Bertz CT molecular complexity index is 188. The second kappa shape index (κ2) is 9.08. The Morgan fingerprint density at radius 2 is 1.94 bits per heavy atom. The van der Waals surface area contributed by atoms with E-state index in [9.17, 15) is 0 Å². The molecule has 1 saturated heterocycles. The van der Waals surface area contributed by atoms with E-state index in [1.165, 1.54) is 51.6 Å². The fourth-order valence-corrected chi connectivity index (χ4v) is 3.80. The van der Waals surface area contributed by atoms with Crippen LogP contribution in [-0.2, 0) is 8.85 Å². The minimum absolute atomic E-state index is 0.846. The summed E-state index contributed by atoms with van der Waals surface area (Å²) in [7, 11) is 2.56. The first-order valence-corrected chi connectivity index (χ1v) is 8.52. The second-order valence-corrected chi connectivity index (χ2v) is 6.89. The average Bonchev–Trinajstić information content (AvgIpc) is 2.39. The molecule has 1 fully saturated rings. The number of nitrogens with zero attached hydrogens (tertiary/aromatic N) is 1. The van der Waals surface area contributed by atoms with Crippen molar-refractivity contribution >= 4 is 9.28 Å². The van der Waals surface area contributed by atoms with Crippen molar-refractivity contribution < 1.29 is 8.85 Å². The number of rotatable bonds is 8. The third-order valence-corrected chi connectivity index (χ3v) is 5.42. The number of piperidine rings is 1. The van der Waals surface area contributed by atoms with E-state index in [1.807, 2.05) is 0 Å². The van der Waals surface area contributed by atoms with Gasteiger partial charge in [-0.15, -0.1) is 0 Å². The van der Waals surface area contributed by atoms with E-state index in [0.29, 0.717) is 0 Å². The Balaban J connectivity index is 2.12. The molecule has 3 nitrogen and oxygen atoms in total. The highest BCUT2D eigenvalue weighted by atomic mass is 28.3. The van der Waals surface area contributed by atoms with Gasteiger partial charge in [0.2, 0.25) is 0 Å². The van der Waals surface area contributed by atoms with Gasteiger partial charge in [0.15, 0.2) is 0 Å². The van der Waals surface area contributed by atoms with Crippen molar-refractivity contribution in [3.05, 3.63) is 0 Å². The van der Waals surface area contributed by atoms with Gasteiger partial charge in [-0.2, -0.15) is 0 Å². The first kappa shape index (κ1) is 15.2. The topological polar surface area (TPSA) is 21.7 Å². The minimum Gasteiger partial charge on any atom is -0.397 e. The second-order valence-electron chi connectivity index (χ2n) is 4.83. The molecule has 0 aromatic carbocycles. The monoisotopic (exact) mass is 258 g/mol. The van der Waals surface area contributed by atoms with Crippen LogP contribution in [0.5, 0.6) is 0 Å². The molecule has 0 amide bonds. The van der Waals surface area contributed by atoms with E-state index >= 15 is 0 Å². The summed E-state index contributed by atoms with van der Waals surface area (Å²) in [6, 6.07) is 1.96. The molecule has 1 rings (SSSR count). The van der Waals surface area contributed by atoms with Gasteiger partial charge in [-0.25, -0.2) is 0 Å². The van der Waals surface area contributed by atoms with Crippen LogP contribution in [0.15, 0.2) is 0 Å². The molecule has 0 aromatic heterocycles. The molecule has 1 unspecified atom stereocenters. The van der Waals surface area contributed by atoms with Gasteiger partial charge in [-0.05, 0) is 44.8 Å². The molecule has 0 bridgehead atoms. The molecule has 1 aliphatic heterocycles. The molecule has 1 aliphatic rings. The lowest BCUT2D eigenvalue weighted by Crippen LogP contribution is -2.39. The summed E-state index contributed by atoms with van der Waals surface area (Å²) < 4.78 is 10.6. The summed E-state index contributed by atoms with van der Waals surface area (Å²) in [4.78, 5) is 2.69. The van der Waals surface area contributed by atoms with E-state index in [4.69, 9.17) is 8.85 Å². The van der Waals surface area contributed by atoms with Crippen molar-refractivity contribution in [2.45, 2.75) is 57.5 Å². The Morgan fingerprint density at radius 1 is 1.18 bits per heavy atom. The van der Waals surface area contributed by atoms with Gasteiger partial charge in [0.25, 0.3) is 0 Å². The van der Waals surface area contributed by atoms with Crippen molar-refractivity contribution in [1.82, 2.24) is 4.90 Å². The van der Waals surface area contributed by atoms with Gasteiger partial charge in [0.1, 0.15) is 0 Å². The number of hydrogen-bond acceptors (Lipinski definition) is 3. The third kappa shape index (κ3) is 5.51. The van der Waals surface area contributed by atoms with Crippen LogP contribution < -0.4 is 0 Å². The standard InChI is InChI=1S/C13H28NO2Si/c1-4-13-9-5-6-10-14(13)11-7-8-12-17(15-2)16-3/h13H,4-12H2,1-3H3. The molecule has 1 radical (unpaired) electrons. The first-order valence-electron chi connectivity index (χ1n) is 6.99. The lowest BCUT2D eigenvalue weighted by atomic mass is 10.00. The van der Waals surface area contributed by atoms with Crippen LogP contribution in [0.1, 0.15) is 45.4 Å². The molecular weight excluding hydrogens is 230 g/mol. The molecule has 17 heavy (non-hydrogen) atoms. The zero-order valence-corrected chi connectivity index (χ0v) is 12.7. The molecule has 0 aliphatic carbocycles. The van der Waals surface area contributed by atoms with Crippen LogP contribution >= 0.6 is 0 Å². The van der Waals surface area contributed by atoms with Gasteiger partial charge >= 0.3 is 9.28 Å². The van der Waals surface area contributed by atoms with Crippen LogP contribution in [0.3, 0.4) is 0 Å². The molecule has 1 heterocycles. The van der Waals surface area contributed by atoms with Gasteiger partial charge < -0.3 is 13.8 Å². The molecule has 4 heteroatoms. The largest absolute Gasteiger partial charge is 0.397 e. The molecule has 101 valence electrons. The fourth-order valence-electron chi connectivity index (χ4n) is 2.69. The van der Waals surface area contributed by atoms with Crippen molar-refractivity contribution in [2.75, 3.05) is 27.3 Å². The first-order chi connectivity index (χ1) is 8.31. The quantitative estimate of drug-likeness (QED) is 0.493. The SMILES string of the molecule is CCC1CCCCN1CCCC[Si](OC)OC. The van der Waals surface area contributed by atoms with E-state index in [1.54, 1.807) is 14.2 Å². The minimum atomic E-state index is -0.963. The van der Waals surface area contributed by atoms with Crippen molar-refractivity contribution in [3.8, 4) is 0 Å². The normalized spacial score (nSPS) is 22.2. The van der Waals surface area contributed by atoms with Gasteiger partial charge in [-0.1, -0.05) is 19.8 Å². The maximum atomic E-state index is 5.30. The maximum Gasteiger partial charge on any atom is 0.384 e. The van der Waals surface area contributed by atoms with E-state index < -0.39 is 9.28 Å². The van der Waals surface area contributed by atoms with E-state index in [-0.39, 0.29) is 0 Å². The summed E-state index contributed by atoms with van der Waals surface area (Å²) in [5, 5.41) is 0. The number of hydrogen-bond donors (Lipinski definition) is 0. The molecule has 1 atom stereocenters. The highest BCUT2D eigenvalue weighted by Gasteiger charge is 2.20. The van der Waals surface area contributed by atoms with Crippen LogP contribution in [-0.4, -0.2) is 47.5 Å². The Morgan fingerprint density at radius 3 is 2.59 bits per heavy atom. The summed E-state index contributed by atoms with van der Waals surface area (Å²) in [5.41, 5.74) is 0. The third-order valence-electron chi connectivity index (χ3n) is 3.75. The summed E-state index contributed by atoms with van der Waals surface area (Å²) >= 11 is 0. The predicted molar refractivity (Wildman–Crippen MR) is 73.3 cm³/mol. The summed E-state index contributed by atoms with van der Waals surface area (Å²) in [5.74, 6) is 0. The van der Waals surface area contributed by atoms with Crippen molar-refractivity contribution in [1.29, 1.82) is 0 Å². The Kier molecular flexibility index (Phi) is 8.10. The predicted octanol–water partition coefficient (Wildman–Crippen LogP) is 2.81. The molecule has 0 spiro atoms. The van der Waals surface area contributed by atoms with Crippen LogP contribution in [0.4, 0.5) is 0 Å². The zero-order valence-electron chi connectivity index (χ0n) is 11.7. The Hall–Kier alpha value is 0.0969. The molecule has 0 saturated carbocycles. The number of unbranched alkanes of at least 4 members (excludes halogenated alkanes) is 1. The van der Waals surface area contributed by atoms with Crippen LogP contribution in [0, 0.1) is 0 Å².